The summed E-state index contributed by atoms with van der Waals surface area (Å²) in [5.74, 6) is 0. The van der Waals surface area contributed by atoms with Gasteiger partial charge in [0, 0.05) is 31.0 Å². The molecule has 25 heavy (non-hydrogen) atoms. The molecule has 0 saturated heterocycles. The fraction of sp³-hybridized carbons (Fsp3) is 0.278. The van der Waals surface area contributed by atoms with Gasteiger partial charge in [0.2, 0.25) is 0 Å². The monoisotopic (exact) mass is 338 g/mol. The van der Waals surface area contributed by atoms with Crippen LogP contribution in [-0.4, -0.2) is 26.0 Å². The van der Waals surface area contributed by atoms with E-state index in [1.807, 2.05) is 51.2 Å². The van der Waals surface area contributed by atoms with Crippen molar-refractivity contribution in [3.63, 3.8) is 0 Å². The van der Waals surface area contributed by atoms with Crippen LogP contribution >= 0.6 is 0 Å². The Hall–Kier alpha value is -3.09. The Balaban J connectivity index is 1.53. The molecule has 2 amide bonds. The molecule has 3 aromatic rings. The molecule has 0 aliphatic rings. The van der Waals surface area contributed by atoms with Crippen molar-refractivity contribution in [2.45, 2.75) is 26.4 Å². The largest absolute Gasteiger partial charge is 0.334 e. The minimum Gasteiger partial charge on any atom is -0.334 e. The van der Waals surface area contributed by atoms with Crippen LogP contribution in [0.4, 0.5) is 4.79 Å². The molecule has 0 radical (unpaired) electrons. The molecule has 0 bridgehead atoms. The zero-order chi connectivity index (χ0) is 17.8. The lowest BCUT2D eigenvalue weighted by Gasteiger charge is -2.14. The number of urea groups is 1. The zero-order valence-corrected chi connectivity index (χ0v) is 14.6. The van der Waals surface area contributed by atoms with Crippen molar-refractivity contribution in [3.8, 4) is 11.3 Å². The number of benzene rings is 1. The first kappa shape index (κ1) is 16.8. The summed E-state index contributed by atoms with van der Waals surface area (Å²) in [4.78, 5) is 12.1. The molecule has 1 aromatic carbocycles. The number of hydrogen-bond acceptors (Lipinski definition) is 3. The van der Waals surface area contributed by atoms with Gasteiger partial charge in [-0.15, -0.1) is 0 Å². The van der Waals surface area contributed by atoms with Crippen LogP contribution in [0.1, 0.15) is 29.8 Å². The van der Waals surface area contributed by atoms with E-state index in [0.29, 0.717) is 6.54 Å². The quantitative estimate of drug-likeness (QED) is 0.668. The van der Waals surface area contributed by atoms with Gasteiger partial charge in [-0.3, -0.25) is 9.78 Å². The van der Waals surface area contributed by atoms with Crippen molar-refractivity contribution < 1.29 is 4.79 Å². The van der Waals surface area contributed by atoms with Gasteiger partial charge in [-0.25, -0.2) is 4.79 Å². The molecular weight excluding hydrogens is 316 g/mol. The van der Waals surface area contributed by atoms with Crippen LogP contribution in [0.15, 0.2) is 42.7 Å². The lowest BCUT2D eigenvalue weighted by molar-refractivity contribution is 0.237. The van der Waals surface area contributed by atoms with E-state index in [9.17, 15) is 4.79 Å². The molecule has 1 atom stereocenters. The highest BCUT2D eigenvalue weighted by Gasteiger charge is 2.14. The number of nitrogens with zero attached hydrogens (tertiary/aromatic N) is 3. The van der Waals surface area contributed by atoms with Crippen molar-refractivity contribution in [1.29, 1.82) is 0 Å². The third-order valence-corrected chi connectivity index (χ3v) is 4.31. The second kappa shape index (κ2) is 7.21. The Morgan fingerprint density at radius 2 is 2.04 bits per heavy atom. The molecule has 0 fully saturated rings. The number of aromatic amines is 1. The highest BCUT2D eigenvalue weighted by molar-refractivity contribution is 5.74. The molecule has 3 N–H and O–H groups in total. The van der Waals surface area contributed by atoms with E-state index in [-0.39, 0.29) is 12.1 Å². The second-order valence-electron chi connectivity index (χ2n) is 6.02. The highest BCUT2D eigenvalue weighted by atomic mass is 16.2. The van der Waals surface area contributed by atoms with Gasteiger partial charge in [0.15, 0.2) is 0 Å². The number of rotatable bonds is 5. The Labute approximate surface area is 146 Å². The maximum absolute atomic E-state index is 12.1. The fourth-order valence-corrected chi connectivity index (χ4v) is 2.67. The van der Waals surface area contributed by atoms with Crippen molar-refractivity contribution >= 4 is 6.03 Å². The van der Waals surface area contributed by atoms with E-state index in [0.717, 1.165) is 28.1 Å². The number of carbonyl (C=O) groups is 1. The number of carbonyl (C=O) groups excluding carboxylic acids is 1. The van der Waals surface area contributed by atoms with E-state index in [1.54, 1.807) is 17.1 Å². The Morgan fingerprint density at radius 1 is 1.28 bits per heavy atom. The van der Waals surface area contributed by atoms with Gasteiger partial charge in [0.25, 0.3) is 0 Å². The summed E-state index contributed by atoms with van der Waals surface area (Å²) < 4.78 is 1.80. The molecule has 0 unspecified atom stereocenters. The first-order valence-corrected chi connectivity index (χ1v) is 8.16. The first-order chi connectivity index (χ1) is 12.0. The Morgan fingerprint density at radius 3 is 2.64 bits per heavy atom. The Bertz CT molecular complexity index is 835. The van der Waals surface area contributed by atoms with Crippen LogP contribution in [-0.2, 0) is 13.6 Å². The van der Waals surface area contributed by atoms with E-state index >= 15 is 0 Å². The third kappa shape index (κ3) is 3.88. The highest BCUT2D eigenvalue weighted by Crippen LogP contribution is 2.17. The van der Waals surface area contributed by atoms with Crippen LogP contribution in [0, 0.1) is 6.92 Å². The van der Waals surface area contributed by atoms with E-state index < -0.39 is 0 Å². The lowest BCUT2D eigenvalue weighted by atomic mass is 10.1. The summed E-state index contributed by atoms with van der Waals surface area (Å²) in [6, 6.07) is 9.61. The minimum absolute atomic E-state index is 0.101. The molecule has 7 nitrogen and oxygen atoms in total. The molecule has 2 heterocycles. The molecular formula is C18H22N6O. The number of aromatic nitrogens is 4. The topological polar surface area (TPSA) is 87.6 Å². The average Bonchev–Trinajstić information content (AvgIpc) is 3.25. The molecule has 130 valence electrons. The average molecular weight is 338 g/mol. The SMILES string of the molecule is Cc1c([C@H](C)NC(=O)NCc2ccc(-c3ccn[nH]3)cc2)cnn1C. The van der Waals surface area contributed by atoms with Crippen LogP contribution in [0.3, 0.4) is 0 Å². The molecule has 3 rings (SSSR count). The number of nitrogens with one attached hydrogen (secondary N) is 3. The minimum atomic E-state index is -0.201. The molecule has 0 spiro atoms. The molecule has 0 aliphatic carbocycles. The van der Waals surface area contributed by atoms with Crippen molar-refractivity contribution in [1.82, 2.24) is 30.6 Å². The van der Waals surface area contributed by atoms with E-state index in [1.165, 1.54) is 0 Å². The van der Waals surface area contributed by atoms with E-state index in [2.05, 4.69) is 25.9 Å². The summed E-state index contributed by atoms with van der Waals surface area (Å²) in [6.45, 7) is 4.40. The normalized spacial score (nSPS) is 12.0. The Kier molecular flexibility index (Phi) is 4.83. The van der Waals surface area contributed by atoms with Gasteiger partial charge in [-0.05, 0) is 31.0 Å². The van der Waals surface area contributed by atoms with Crippen molar-refractivity contribution in [3.05, 3.63) is 59.5 Å². The van der Waals surface area contributed by atoms with Gasteiger partial charge in [0.1, 0.15) is 0 Å². The van der Waals surface area contributed by atoms with Crippen molar-refractivity contribution in [2.75, 3.05) is 0 Å². The third-order valence-electron chi connectivity index (χ3n) is 4.31. The fourth-order valence-electron chi connectivity index (χ4n) is 2.67. The number of hydrogen-bond donors (Lipinski definition) is 3. The van der Waals surface area contributed by atoms with Gasteiger partial charge in [0.05, 0.1) is 17.9 Å². The van der Waals surface area contributed by atoms with Gasteiger partial charge < -0.3 is 10.6 Å². The van der Waals surface area contributed by atoms with Crippen LogP contribution in [0.5, 0.6) is 0 Å². The van der Waals surface area contributed by atoms with Crippen molar-refractivity contribution in [2.24, 2.45) is 7.05 Å². The lowest BCUT2D eigenvalue weighted by Crippen LogP contribution is -2.36. The summed E-state index contributed by atoms with van der Waals surface area (Å²) >= 11 is 0. The van der Waals surface area contributed by atoms with Gasteiger partial charge >= 0.3 is 6.03 Å². The van der Waals surface area contributed by atoms with Gasteiger partial charge in [-0.2, -0.15) is 10.2 Å². The first-order valence-electron chi connectivity index (χ1n) is 8.16. The number of amides is 2. The molecule has 0 saturated carbocycles. The van der Waals surface area contributed by atoms with Crippen LogP contribution in [0.2, 0.25) is 0 Å². The smallest absolute Gasteiger partial charge is 0.315 e. The maximum Gasteiger partial charge on any atom is 0.315 e. The van der Waals surface area contributed by atoms with Crippen LogP contribution < -0.4 is 10.6 Å². The summed E-state index contributed by atoms with van der Waals surface area (Å²) in [5, 5.41) is 16.9. The molecule has 0 aliphatic heterocycles. The standard InChI is InChI=1S/C18H22N6O/c1-12(16-11-21-24(3)13(16)2)22-18(25)19-10-14-4-6-15(7-5-14)17-8-9-20-23-17/h4-9,11-12H,10H2,1-3H3,(H,20,23)(H2,19,22,25)/t12-/m0/s1. The molecule has 2 aromatic heterocycles. The molecule has 7 heteroatoms. The van der Waals surface area contributed by atoms with Gasteiger partial charge in [-0.1, -0.05) is 24.3 Å². The summed E-state index contributed by atoms with van der Waals surface area (Å²) in [6.07, 6.45) is 3.51. The van der Waals surface area contributed by atoms with E-state index in [4.69, 9.17) is 0 Å². The maximum atomic E-state index is 12.1. The number of aryl methyl sites for hydroxylation is 1. The van der Waals surface area contributed by atoms with Crippen LogP contribution in [0.25, 0.3) is 11.3 Å². The summed E-state index contributed by atoms with van der Waals surface area (Å²) in [5.41, 5.74) is 5.12. The number of H-pyrrole nitrogens is 1. The summed E-state index contributed by atoms with van der Waals surface area (Å²) in [7, 11) is 1.89. The zero-order valence-electron chi connectivity index (χ0n) is 14.6. The predicted molar refractivity (Wildman–Crippen MR) is 95.8 cm³/mol. The second-order valence-corrected chi connectivity index (χ2v) is 6.02. The predicted octanol–water partition coefficient (Wildman–Crippen LogP) is 2.68.